The standard InChI is InChI=1S/C17H24N2O3/c1-13-7-8-14(17(21)22-2)11-15(13)18-16(20)12-19-9-5-3-4-6-10-19/h7-8,11H,3-6,9-10,12H2,1-2H3,(H,18,20). The van der Waals surface area contributed by atoms with Gasteiger partial charge in [0.1, 0.15) is 0 Å². The molecule has 2 rings (SSSR count). The fourth-order valence-electron chi connectivity index (χ4n) is 2.69. The number of nitrogens with zero attached hydrogens (tertiary/aromatic N) is 1. The van der Waals surface area contributed by atoms with E-state index < -0.39 is 5.97 Å². The van der Waals surface area contributed by atoms with Crippen LogP contribution in [0.4, 0.5) is 5.69 Å². The molecule has 5 heteroatoms. The minimum Gasteiger partial charge on any atom is -0.465 e. The van der Waals surface area contributed by atoms with E-state index in [-0.39, 0.29) is 5.91 Å². The van der Waals surface area contributed by atoms with Crippen LogP contribution in [0.2, 0.25) is 0 Å². The molecule has 1 N–H and O–H groups in total. The second-order valence-electron chi connectivity index (χ2n) is 5.76. The number of ether oxygens (including phenoxy) is 1. The molecule has 22 heavy (non-hydrogen) atoms. The Hall–Kier alpha value is -1.88. The Morgan fingerprint density at radius 1 is 1.18 bits per heavy atom. The van der Waals surface area contributed by atoms with Crippen LogP contribution in [0, 0.1) is 6.92 Å². The second kappa shape index (κ2) is 7.94. The first kappa shape index (κ1) is 16.5. The lowest BCUT2D eigenvalue weighted by Crippen LogP contribution is -2.34. The molecule has 0 atom stereocenters. The number of carbonyl (C=O) groups excluding carboxylic acids is 2. The third-order valence-corrected chi connectivity index (χ3v) is 4.00. The number of carbonyl (C=O) groups is 2. The van der Waals surface area contributed by atoms with Gasteiger partial charge in [0, 0.05) is 5.69 Å². The van der Waals surface area contributed by atoms with Crippen LogP contribution in [0.5, 0.6) is 0 Å². The highest BCUT2D eigenvalue weighted by Gasteiger charge is 2.14. The third-order valence-electron chi connectivity index (χ3n) is 4.00. The number of methoxy groups -OCH3 is 1. The lowest BCUT2D eigenvalue weighted by atomic mass is 10.1. The van der Waals surface area contributed by atoms with Crippen molar-refractivity contribution in [2.75, 3.05) is 32.1 Å². The van der Waals surface area contributed by atoms with Crippen LogP contribution < -0.4 is 5.32 Å². The van der Waals surface area contributed by atoms with Gasteiger partial charge < -0.3 is 10.1 Å². The summed E-state index contributed by atoms with van der Waals surface area (Å²) in [5.41, 5.74) is 2.04. The second-order valence-corrected chi connectivity index (χ2v) is 5.76. The first-order valence-electron chi connectivity index (χ1n) is 7.81. The van der Waals surface area contributed by atoms with Crippen molar-refractivity contribution in [3.8, 4) is 0 Å². The summed E-state index contributed by atoms with van der Waals surface area (Å²) in [6, 6.07) is 5.18. The zero-order valence-corrected chi connectivity index (χ0v) is 13.4. The van der Waals surface area contributed by atoms with Crippen molar-refractivity contribution >= 4 is 17.6 Å². The van der Waals surface area contributed by atoms with Crippen molar-refractivity contribution in [1.29, 1.82) is 0 Å². The predicted molar refractivity (Wildman–Crippen MR) is 86.1 cm³/mol. The van der Waals surface area contributed by atoms with Crippen LogP contribution in [0.3, 0.4) is 0 Å². The van der Waals surface area contributed by atoms with Crippen molar-refractivity contribution < 1.29 is 14.3 Å². The first-order valence-corrected chi connectivity index (χ1v) is 7.81. The van der Waals surface area contributed by atoms with Gasteiger partial charge in [-0.05, 0) is 50.6 Å². The third kappa shape index (κ3) is 4.56. The average Bonchev–Trinajstić information content (AvgIpc) is 2.77. The maximum Gasteiger partial charge on any atom is 0.337 e. The van der Waals surface area contributed by atoms with Gasteiger partial charge in [-0.2, -0.15) is 0 Å². The van der Waals surface area contributed by atoms with Crippen LogP contribution in [-0.4, -0.2) is 43.5 Å². The van der Waals surface area contributed by atoms with E-state index in [0.29, 0.717) is 17.8 Å². The molecule has 0 aromatic heterocycles. The van der Waals surface area contributed by atoms with Crippen molar-refractivity contribution in [2.45, 2.75) is 32.6 Å². The van der Waals surface area contributed by atoms with Gasteiger partial charge >= 0.3 is 5.97 Å². The number of likely N-dealkylation sites (tertiary alicyclic amines) is 1. The van der Waals surface area contributed by atoms with Crippen LogP contribution in [0.15, 0.2) is 18.2 Å². The smallest absolute Gasteiger partial charge is 0.337 e. The lowest BCUT2D eigenvalue weighted by molar-refractivity contribution is -0.117. The van der Waals surface area contributed by atoms with Gasteiger partial charge in [0.15, 0.2) is 0 Å². The summed E-state index contributed by atoms with van der Waals surface area (Å²) in [6.45, 7) is 4.27. The Morgan fingerprint density at radius 2 is 1.86 bits per heavy atom. The van der Waals surface area contributed by atoms with Crippen molar-refractivity contribution in [2.24, 2.45) is 0 Å². The predicted octanol–water partition coefficient (Wildman–Crippen LogP) is 2.60. The summed E-state index contributed by atoms with van der Waals surface area (Å²) < 4.78 is 4.71. The number of hydrogen-bond donors (Lipinski definition) is 1. The van der Waals surface area contributed by atoms with Gasteiger partial charge in [-0.15, -0.1) is 0 Å². The number of anilines is 1. The summed E-state index contributed by atoms with van der Waals surface area (Å²) in [6.07, 6.45) is 4.81. The van der Waals surface area contributed by atoms with Crippen molar-refractivity contribution in [3.63, 3.8) is 0 Å². The summed E-state index contributed by atoms with van der Waals surface area (Å²) in [4.78, 5) is 26.0. The van der Waals surface area contributed by atoms with Gasteiger partial charge in [-0.1, -0.05) is 18.9 Å². The van der Waals surface area contributed by atoms with Crippen LogP contribution in [0.1, 0.15) is 41.6 Å². The number of aryl methyl sites for hydroxylation is 1. The molecular weight excluding hydrogens is 280 g/mol. The maximum atomic E-state index is 12.2. The van der Waals surface area contributed by atoms with Gasteiger partial charge in [-0.3, -0.25) is 9.69 Å². The highest BCUT2D eigenvalue weighted by atomic mass is 16.5. The summed E-state index contributed by atoms with van der Waals surface area (Å²) >= 11 is 0. The SMILES string of the molecule is COC(=O)c1ccc(C)c(NC(=O)CN2CCCCCC2)c1. The molecule has 1 fully saturated rings. The van der Waals surface area contributed by atoms with E-state index in [4.69, 9.17) is 4.74 Å². The molecule has 0 radical (unpaired) electrons. The van der Waals surface area contributed by atoms with Crippen molar-refractivity contribution in [3.05, 3.63) is 29.3 Å². The minimum absolute atomic E-state index is 0.0352. The molecular formula is C17H24N2O3. The number of nitrogens with one attached hydrogen (secondary N) is 1. The molecule has 1 aromatic rings. The molecule has 0 bridgehead atoms. The van der Waals surface area contributed by atoms with Crippen LogP contribution >= 0.6 is 0 Å². The van der Waals surface area contributed by atoms with E-state index in [1.54, 1.807) is 12.1 Å². The van der Waals surface area contributed by atoms with E-state index >= 15 is 0 Å². The minimum atomic E-state index is -0.400. The van der Waals surface area contributed by atoms with Crippen LogP contribution in [-0.2, 0) is 9.53 Å². The molecule has 1 saturated heterocycles. The Kier molecular flexibility index (Phi) is 5.95. The molecule has 1 heterocycles. The number of rotatable bonds is 4. The largest absolute Gasteiger partial charge is 0.465 e. The van der Waals surface area contributed by atoms with E-state index in [0.717, 1.165) is 31.5 Å². The van der Waals surface area contributed by atoms with Gasteiger partial charge in [0.2, 0.25) is 5.91 Å². The highest BCUT2D eigenvalue weighted by Crippen LogP contribution is 2.18. The highest BCUT2D eigenvalue weighted by molar-refractivity contribution is 5.96. The quantitative estimate of drug-likeness (QED) is 0.869. The molecule has 120 valence electrons. The van der Waals surface area contributed by atoms with Crippen LogP contribution in [0.25, 0.3) is 0 Å². The Balaban J connectivity index is 1.99. The zero-order valence-electron chi connectivity index (χ0n) is 13.4. The molecule has 5 nitrogen and oxygen atoms in total. The lowest BCUT2D eigenvalue weighted by Gasteiger charge is -2.19. The van der Waals surface area contributed by atoms with Gasteiger partial charge in [-0.25, -0.2) is 4.79 Å². The molecule has 0 unspecified atom stereocenters. The van der Waals surface area contributed by atoms with E-state index in [1.165, 1.54) is 20.0 Å². The topological polar surface area (TPSA) is 58.6 Å². The summed E-state index contributed by atoms with van der Waals surface area (Å²) in [5, 5.41) is 2.91. The number of benzene rings is 1. The Morgan fingerprint density at radius 3 is 2.50 bits per heavy atom. The van der Waals surface area contributed by atoms with E-state index in [1.807, 2.05) is 13.0 Å². The van der Waals surface area contributed by atoms with E-state index in [9.17, 15) is 9.59 Å². The number of hydrogen-bond acceptors (Lipinski definition) is 4. The molecule has 0 aliphatic carbocycles. The fourth-order valence-corrected chi connectivity index (χ4v) is 2.69. The molecule has 1 aliphatic heterocycles. The molecule has 1 aliphatic rings. The van der Waals surface area contributed by atoms with Gasteiger partial charge in [0.25, 0.3) is 0 Å². The first-order chi connectivity index (χ1) is 10.6. The summed E-state index contributed by atoms with van der Waals surface area (Å²) in [5.74, 6) is -0.435. The number of esters is 1. The number of amides is 1. The monoisotopic (exact) mass is 304 g/mol. The molecule has 0 spiro atoms. The Labute approximate surface area is 131 Å². The Bertz CT molecular complexity index is 535. The van der Waals surface area contributed by atoms with Gasteiger partial charge in [0.05, 0.1) is 19.2 Å². The molecule has 1 aromatic carbocycles. The summed E-state index contributed by atoms with van der Waals surface area (Å²) in [7, 11) is 1.35. The molecule has 1 amide bonds. The normalized spacial score (nSPS) is 15.9. The zero-order chi connectivity index (χ0) is 15.9. The maximum absolute atomic E-state index is 12.2. The fraction of sp³-hybridized carbons (Fsp3) is 0.529. The average molecular weight is 304 g/mol. The van der Waals surface area contributed by atoms with Crippen molar-refractivity contribution in [1.82, 2.24) is 4.90 Å². The van der Waals surface area contributed by atoms with E-state index in [2.05, 4.69) is 10.2 Å². The molecule has 0 saturated carbocycles.